The highest BCUT2D eigenvalue weighted by molar-refractivity contribution is 5.79. The first-order valence-electron chi connectivity index (χ1n) is 9.05. The molecule has 1 fully saturated rings. The third kappa shape index (κ3) is 4.20. The molecule has 142 valence electrons. The first-order chi connectivity index (χ1) is 13.7. The molecular weight excluding hydrogens is 359 g/mol. The standard InChI is InChI=1S/C21H19FN4O2/c22-17-6-4-15(5-7-17)10-21(27)26-8-9-28-20(13-26)19-3-1-2-18(25-19)16-11-23-14-24-12-16/h1-7,11-12,14,20H,8-10,13H2/t20-/m1/s1. The minimum absolute atomic E-state index is 0.00692. The van der Waals surface area contributed by atoms with Gasteiger partial charge in [0.2, 0.25) is 5.91 Å². The average molecular weight is 378 g/mol. The fraction of sp³-hybridized carbons (Fsp3) is 0.238. The predicted octanol–water partition coefficient (Wildman–Crippen LogP) is 2.82. The van der Waals surface area contributed by atoms with E-state index in [1.807, 2.05) is 18.2 Å². The fourth-order valence-electron chi connectivity index (χ4n) is 3.17. The number of ether oxygens (including phenoxy) is 1. The lowest BCUT2D eigenvalue weighted by atomic mass is 10.1. The molecule has 1 aliphatic rings. The Hall–Kier alpha value is -3.19. The fourth-order valence-corrected chi connectivity index (χ4v) is 3.17. The van der Waals surface area contributed by atoms with Gasteiger partial charge < -0.3 is 9.64 Å². The van der Waals surface area contributed by atoms with Crippen molar-refractivity contribution < 1.29 is 13.9 Å². The zero-order valence-corrected chi connectivity index (χ0v) is 15.2. The smallest absolute Gasteiger partial charge is 0.227 e. The van der Waals surface area contributed by atoms with E-state index in [2.05, 4.69) is 15.0 Å². The molecule has 0 aliphatic carbocycles. The van der Waals surface area contributed by atoms with Gasteiger partial charge in [-0.05, 0) is 29.8 Å². The van der Waals surface area contributed by atoms with Gasteiger partial charge in [0, 0.05) is 24.5 Å². The highest BCUT2D eigenvalue weighted by atomic mass is 19.1. The maximum atomic E-state index is 13.0. The van der Waals surface area contributed by atoms with Crippen molar-refractivity contribution in [2.24, 2.45) is 0 Å². The van der Waals surface area contributed by atoms with Crippen molar-refractivity contribution in [3.05, 3.63) is 78.3 Å². The van der Waals surface area contributed by atoms with Crippen LogP contribution < -0.4 is 0 Å². The van der Waals surface area contributed by atoms with Crippen LogP contribution in [0.5, 0.6) is 0 Å². The Kier molecular flexibility index (Phi) is 5.34. The first kappa shape index (κ1) is 18.2. The van der Waals surface area contributed by atoms with Gasteiger partial charge in [0.05, 0.1) is 31.0 Å². The molecule has 1 amide bonds. The summed E-state index contributed by atoms with van der Waals surface area (Å²) in [6, 6.07) is 11.7. The summed E-state index contributed by atoms with van der Waals surface area (Å²) in [5.41, 5.74) is 3.14. The van der Waals surface area contributed by atoms with Crippen LogP contribution in [0.4, 0.5) is 4.39 Å². The van der Waals surface area contributed by atoms with Gasteiger partial charge >= 0.3 is 0 Å². The minimum atomic E-state index is -0.308. The highest BCUT2D eigenvalue weighted by Crippen LogP contribution is 2.24. The molecule has 1 aromatic carbocycles. The third-order valence-corrected chi connectivity index (χ3v) is 4.64. The van der Waals surface area contributed by atoms with Crippen molar-refractivity contribution >= 4 is 5.91 Å². The van der Waals surface area contributed by atoms with E-state index in [4.69, 9.17) is 4.74 Å². The molecule has 3 heterocycles. The number of nitrogens with zero attached hydrogens (tertiary/aromatic N) is 4. The molecule has 0 saturated carbocycles. The first-order valence-corrected chi connectivity index (χ1v) is 9.05. The molecule has 6 nitrogen and oxygen atoms in total. The lowest BCUT2D eigenvalue weighted by molar-refractivity contribution is -0.138. The number of pyridine rings is 1. The molecule has 1 saturated heterocycles. The van der Waals surface area contributed by atoms with Gasteiger partial charge in [-0.3, -0.25) is 4.79 Å². The lowest BCUT2D eigenvalue weighted by Crippen LogP contribution is -2.43. The van der Waals surface area contributed by atoms with E-state index >= 15 is 0 Å². The van der Waals surface area contributed by atoms with E-state index in [0.717, 1.165) is 22.5 Å². The molecule has 0 N–H and O–H groups in total. The molecule has 0 spiro atoms. The van der Waals surface area contributed by atoms with Crippen LogP contribution in [0, 0.1) is 5.82 Å². The van der Waals surface area contributed by atoms with E-state index in [9.17, 15) is 9.18 Å². The van der Waals surface area contributed by atoms with Crippen molar-refractivity contribution in [2.75, 3.05) is 19.7 Å². The summed E-state index contributed by atoms with van der Waals surface area (Å²) in [6.07, 6.45) is 4.83. The number of amides is 1. The normalized spacial score (nSPS) is 16.8. The molecular formula is C21H19FN4O2. The Bertz CT molecular complexity index is 950. The number of hydrogen-bond acceptors (Lipinski definition) is 5. The van der Waals surface area contributed by atoms with Crippen LogP contribution in [0.1, 0.15) is 17.4 Å². The van der Waals surface area contributed by atoms with Crippen molar-refractivity contribution in [2.45, 2.75) is 12.5 Å². The number of morpholine rings is 1. The van der Waals surface area contributed by atoms with Gasteiger partial charge in [0.25, 0.3) is 0 Å². The van der Waals surface area contributed by atoms with Crippen LogP contribution in [-0.2, 0) is 16.0 Å². The summed E-state index contributed by atoms with van der Waals surface area (Å²) in [4.78, 5) is 27.2. The third-order valence-electron chi connectivity index (χ3n) is 4.64. The second kappa shape index (κ2) is 8.22. The average Bonchev–Trinajstić information content (AvgIpc) is 2.76. The second-order valence-electron chi connectivity index (χ2n) is 6.58. The molecule has 1 atom stereocenters. The molecule has 0 bridgehead atoms. The largest absolute Gasteiger partial charge is 0.368 e. The zero-order chi connectivity index (χ0) is 19.3. The molecule has 7 heteroatoms. The van der Waals surface area contributed by atoms with Gasteiger partial charge in [0.15, 0.2) is 0 Å². The molecule has 2 aromatic heterocycles. The summed E-state index contributed by atoms with van der Waals surface area (Å²) in [5, 5.41) is 0. The van der Waals surface area contributed by atoms with E-state index < -0.39 is 0 Å². The number of carbonyl (C=O) groups is 1. The second-order valence-corrected chi connectivity index (χ2v) is 6.58. The van der Waals surface area contributed by atoms with Crippen molar-refractivity contribution in [1.29, 1.82) is 0 Å². The van der Waals surface area contributed by atoms with Gasteiger partial charge in [-0.15, -0.1) is 0 Å². The van der Waals surface area contributed by atoms with Gasteiger partial charge in [-0.1, -0.05) is 18.2 Å². The van der Waals surface area contributed by atoms with Gasteiger partial charge in [-0.25, -0.2) is 19.3 Å². The maximum Gasteiger partial charge on any atom is 0.227 e. The van der Waals surface area contributed by atoms with Crippen molar-refractivity contribution in [3.8, 4) is 11.3 Å². The van der Waals surface area contributed by atoms with Crippen LogP contribution in [0.25, 0.3) is 11.3 Å². The maximum absolute atomic E-state index is 13.0. The van der Waals surface area contributed by atoms with E-state index in [1.54, 1.807) is 29.4 Å². The van der Waals surface area contributed by atoms with Crippen LogP contribution in [0.15, 0.2) is 61.2 Å². The number of aromatic nitrogens is 3. The quantitative estimate of drug-likeness (QED) is 0.698. The summed E-state index contributed by atoms with van der Waals surface area (Å²) in [7, 11) is 0. The van der Waals surface area contributed by atoms with Crippen LogP contribution in [0.3, 0.4) is 0 Å². The van der Waals surface area contributed by atoms with Gasteiger partial charge in [0.1, 0.15) is 18.2 Å². The van der Waals surface area contributed by atoms with Crippen molar-refractivity contribution in [1.82, 2.24) is 19.9 Å². The SMILES string of the molecule is O=C(Cc1ccc(F)cc1)N1CCO[C@@H](c2cccc(-c3cncnc3)n2)C1. The number of halogens is 1. The summed E-state index contributed by atoms with van der Waals surface area (Å²) in [6.45, 7) is 1.41. The number of carbonyl (C=O) groups excluding carboxylic acids is 1. The topological polar surface area (TPSA) is 68.2 Å². The number of hydrogen-bond donors (Lipinski definition) is 0. The zero-order valence-electron chi connectivity index (χ0n) is 15.2. The Labute approximate surface area is 162 Å². The number of rotatable bonds is 4. The molecule has 0 unspecified atom stereocenters. The molecule has 28 heavy (non-hydrogen) atoms. The van der Waals surface area contributed by atoms with Crippen LogP contribution in [-0.4, -0.2) is 45.5 Å². The monoisotopic (exact) mass is 378 g/mol. The Morgan fingerprint density at radius 1 is 1.14 bits per heavy atom. The van der Waals surface area contributed by atoms with Gasteiger partial charge in [-0.2, -0.15) is 0 Å². The predicted molar refractivity (Wildman–Crippen MR) is 101 cm³/mol. The highest BCUT2D eigenvalue weighted by Gasteiger charge is 2.26. The Morgan fingerprint density at radius 2 is 1.93 bits per heavy atom. The summed E-state index contributed by atoms with van der Waals surface area (Å²) in [5.74, 6) is -0.315. The molecule has 4 rings (SSSR count). The molecule has 1 aliphatic heterocycles. The van der Waals surface area contributed by atoms with E-state index in [-0.39, 0.29) is 24.2 Å². The minimum Gasteiger partial charge on any atom is -0.368 e. The molecule has 0 radical (unpaired) electrons. The van der Waals surface area contributed by atoms with E-state index in [1.165, 1.54) is 18.5 Å². The Morgan fingerprint density at radius 3 is 2.71 bits per heavy atom. The summed E-state index contributed by atoms with van der Waals surface area (Å²) < 4.78 is 18.9. The Balaban J connectivity index is 1.46. The van der Waals surface area contributed by atoms with E-state index in [0.29, 0.717) is 19.7 Å². The lowest BCUT2D eigenvalue weighted by Gasteiger charge is -2.33. The summed E-state index contributed by atoms with van der Waals surface area (Å²) >= 11 is 0. The number of benzene rings is 1. The van der Waals surface area contributed by atoms with Crippen molar-refractivity contribution in [3.63, 3.8) is 0 Å². The van der Waals surface area contributed by atoms with Crippen LogP contribution in [0.2, 0.25) is 0 Å². The van der Waals surface area contributed by atoms with Crippen LogP contribution >= 0.6 is 0 Å². The molecule has 3 aromatic rings.